The predicted molar refractivity (Wildman–Crippen MR) is 143 cm³/mol. The van der Waals surface area contributed by atoms with Gasteiger partial charge in [0, 0.05) is 36.0 Å². The van der Waals surface area contributed by atoms with Gasteiger partial charge in [-0.15, -0.1) is 0 Å². The van der Waals surface area contributed by atoms with Crippen LogP contribution in [-0.4, -0.2) is 41.9 Å². The fraction of sp³-hybridized carbons (Fsp3) is 0.379. The first-order valence-corrected chi connectivity index (χ1v) is 13.0. The summed E-state index contributed by atoms with van der Waals surface area (Å²) in [6.45, 7) is 1.89. The lowest BCUT2D eigenvalue weighted by Crippen LogP contribution is -2.27. The highest BCUT2D eigenvalue weighted by molar-refractivity contribution is 5.51. The standard InChI is InChI=1S/C17H17FN4O.C12H16FNO/c1-23-15-5-4-12(18)11-13(15)14-3-2-9-21(14)16-7-10-22-17(20-16)6-8-19-22;1-15-12-6-5-9(13)8-10(12)11-4-2-3-7-14-11/h4-8,10-11,14H,2-3,9H2,1H3;5-6,8,11,14H,2-4,7H2,1H3/t14-;11-/m11/s1. The first-order chi connectivity index (χ1) is 18.6. The molecule has 0 aliphatic carbocycles. The zero-order valence-electron chi connectivity index (χ0n) is 21.7. The molecule has 2 aliphatic rings. The second-order valence-electron chi connectivity index (χ2n) is 9.55. The molecule has 38 heavy (non-hydrogen) atoms. The van der Waals surface area contributed by atoms with Gasteiger partial charge in [-0.3, -0.25) is 0 Å². The SMILES string of the molecule is COc1ccc(F)cc1[C@H]1CCCCN1.COc1ccc(F)cc1[C@H]1CCCN1c1ccn2nccc2n1. The Morgan fingerprint density at radius 2 is 1.61 bits per heavy atom. The van der Waals surface area contributed by atoms with Crippen LogP contribution in [0.15, 0.2) is 60.9 Å². The van der Waals surface area contributed by atoms with Crippen LogP contribution in [0.25, 0.3) is 5.65 Å². The van der Waals surface area contributed by atoms with Gasteiger partial charge in [0.2, 0.25) is 0 Å². The Kier molecular flexibility index (Phi) is 8.03. The molecular weight excluding hydrogens is 488 g/mol. The number of hydrogen-bond donors (Lipinski definition) is 1. The lowest BCUT2D eigenvalue weighted by molar-refractivity contribution is 0.372. The number of anilines is 1. The Morgan fingerprint density at radius 1 is 0.868 bits per heavy atom. The number of hydrogen-bond acceptors (Lipinski definition) is 6. The number of rotatable bonds is 5. The number of nitrogens with one attached hydrogen (secondary N) is 1. The summed E-state index contributed by atoms with van der Waals surface area (Å²) in [5, 5.41) is 7.56. The van der Waals surface area contributed by atoms with E-state index >= 15 is 0 Å². The van der Waals surface area contributed by atoms with Crippen LogP contribution in [-0.2, 0) is 0 Å². The number of halogens is 2. The number of aromatic nitrogens is 3. The highest BCUT2D eigenvalue weighted by Gasteiger charge is 2.30. The summed E-state index contributed by atoms with van der Waals surface area (Å²) in [7, 11) is 3.24. The first kappa shape index (κ1) is 25.9. The summed E-state index contributed by atoms with van der Waals surface area (Å²) in [5.41, 5.74) is 2.62. The molecule has 6 rings (SSSR count). The van der Waals surface area contributed by atoms with Gasteiger partial charge in [0.05, 0.1) is 26.5 Å². The van der Waals surface area contributed by atoms with Crippen LogP contribution in [0.1, 0.15) is 55.3 Å². The van der Waals surface area contributed by atoms with E-state index in [0.29, 0.717) is 5.75 Å². The summed E-state index contributed by atoms with van der Waals surface area (Å²) in [6, 6.07) is 13.5. The summed E-state index contributed by atoms with van der Waals surface area (Å²) in [4.78, 5) is 6.88. The van der Waals surface area contributed by atoms with E-state index in [9.17, 15) is 8.78 Å². The molecule has 0 spiro atoms. The predicted octanol–water partition coefficient (Wildman–Crippen LogP) is 5.87. The van der Waals surface area contributed by atoms with Crippen molar-refractivity contribution in [3.63, 3.8) is 0 Å². The topological polar surface area (TPSA) is 63.9 Å². The van der Waals surface area contributed by atoms with E-state index in [2.05, 4.69) is 20.3 Å². The van der Waals surface area contributed by atoms with Crippen LogP contribution in [0.4, 0.5) is 14.6 Å². The van der Waals surface area contributed by atoms with Crippen LogP contribution in [0.5, 0.6) is 11.5 Å². The van der Waals surface area contributed by atoms with Crippen molar-refractivity contribution in [3.8, 4) is 11.5 Å². The van der Waals surface area contributed by atoms with Crippen molar-refractivity contribution in [1.29, 1.82) is 0 Å². The normalized spacial score (nSPS) is 19.2. The molecule has 0 bridgehead atoms. The van der Waals surface area contributed by atoms with Crippen LogP contribution < -0.4 is 19.7 Å². The Bertz CT molecular complexity index is 1370. The Morgan fingerprint density at radius 3 is 2.32 bits per heavy atom. The van der Waals surface area contributed by atoms with Crippen molar-refractivity contribution in [2.24, 2.45) is 0 Å². The third-order valence-electron chi connectivity index (χ3n) is 7.22. The minimum absolute atomic E-state index is 0.0681. The Labute approximate surface area is 221 Å². The highest BCUT2D eigenvalue weighted by atomic mass is 19.1. The van der Waals surface area contributed by atoms with Gasteiger partial charge in [0.1, 0.15) is 29.0 Å². The minimum Gasteiger partial charge on any atom is -0.496 e. The smallest absolute Gasteiger partial charge is 0.157 e. The molecule has 4 aromatic rings. The molecule has 2 aliphatic heterocycles. The maximum atomic E-state index is 13.7. The molecule has 2 aromatic carbocycles. The molecule has 7 nitrogen and oxygen atoms in total. The number of benzene rings is 2. The van der Waals surface area contributed by atoms with E-state index in [1.165, 1.54) is 25.0 Å². The Balaban J connectivity index is 0.000000170. The lowest BCUT2D eigenvalue weighted by Gasteiger charge is -2.27. The maximum Gasteiger partial charge on any atom is 0.157 e. The van der Waals surface area contributed by atoms with Crippen LogP contribution >= 0.6 is 0 Å². The van der Waals surface area contributed by atoms with Crippen molar-refractivity contribution in [3.05, 3.63) is 83.7 Å². The van der Waals surface area contributed by atoms with Crippen molar-refractivity contribution in [2.75, 3.05) is 32.2 Å². The van der Waals surface area contributed by atoms with Gasteiger partial charge < -0.3 is 19.7 Å². The van der Waals surface area contributed by atoms with Gasteiger partial charge in [-0.1, -0.05) is 6.42 Å². The monoisotopic (exact) mass is 521 g/mol. The molecule has 200 valence electrons. The largest absolute Gasteiger partial charge is 0.496 e. The third-order valence-corrected chi connectivity index (χ3v) is 7.22. The summed E-state index contributed by atoms with van der Waals surface area (Å²) >= 11 is 0. The maximum absolute atomic E-state index is 13.7. The number of nitrogens with zero attached hydrogens (tertiary/aromatic N) is 4. The van der Waals surface area contributed by atoms with Gasteiger partial charge in [-0.05, 0) is 74.7 Å². The van der Waals surface area contributed by atoms with E-state index in [1.54, 1.807) is 49.2 Å². The molecule has 9 heteroatoms. The fourth-order valence-corrected chi connectivity index (χ4v) is 5.39. The molecule has 2 atom stereocenters. The van der Waals surface area contributed by atoms with E-state index in [4.69, 9.17) is 9.47 Å². The molecule has 2 fully saturated rings. The quantitative estimate of drug-likeness (QED) is 0.355. The Hall–Kier alpha value is -3.72. The molecule has 0 radical (unpaired) electrons. The second kappa shape index (κ2) is 11.8. The zero-order chi connectivity index (χ0) is 26.5. The van der Waals surface area contributed by atoms with Crippen molar-refractivity contribution >= 4 is 11.5 Å². The molecule has 1 N–H and O–H groups in total. The van der Waals surface area contributed by atoms with Crippen molar-refractivity contribution < 1.29 is 18.3 Å². The first-order valence-electron chi connectivity index (χ1n) is 13.0. The van der Waals surface area contributed by atoms with Gasteiger partial charge in [0.25, 0.3) is 0 Å². The zero-order valence-corrected chi connectivity index (χ0v) is 21.7. The van der Waals surface area contributed by atoms with E-state index in [-0.39, 0.29) is 23.7 Å². The van der Waals surface area contributed by atoms with E-state index < -0.39 is 0 Å². The highest BCUT2D eigenvalue weighted by Crippen LogP contribution is 2.39. The van der Waals surface area contributed by atoms with Crippen molar-refractivity contribution in [1.82, 2.24) is 19.9 Å². The van der Waals surface area contributed by atoms with Crippen molar-refractivity contribution in [2.45, 2.75) is 44.2 Å². The van der Waals surface area contributed by atoms with Crippen LogP contribution in [0.3, 0.4) is 0 Å². The third kappa shape index (κ3) is 5.57. The van der Waals surface area contributed by atoms with Crippen LogP contribution in [0.2, 0.25) is 0 Å². The summed E-state index contributed by atoms with van der Waals surface area (Å²) in [6.07, 6.45) is 9.06. The second-order valence-corrected chi connectivity index (χ2v) is 9.55. The number of fused-ring (bicyclic) bond motifs is 1. The van der Waals surface area contributed by atoms with E-state index in [0.717, 1.165) is 60.7 Å². The molecule has 2 aromatic heterocycles. The minimum atomic E-state index is -0.244. The summed E-state index contributed by atoms with van der Waals surface area (Å²) < 4.78 is 39.3. The molecular formula is C29H33F2N5O2. The lowest BCUT2D eigenvalue weighted by atomic mass is 9.97. The fourth-order valence-electron chi connectivity index (χ4n) is 5.39. The molecule has 0 saturated carbocycles. The van der Waals surface area contributed by atoms with Gasteiger partial charge in [-0.25, -0.2) is 18.3 Å². The van der Waals surface area contributed by atoms with Gasteiger partial charge in [0.15, 0.2) is 5.65 Å². The summed E-state index contributed by atoms with van der Waals surface area (Å²) in [5.74, 6) is 1.93. The van der Waals surface area contributed by atoms with Crippen LogP contribution in [0, 0.1) is 11.6 Å². The van der Waals surface area contributed by atoms with E-state index in [1.807, 2.05) is 18.3 Å². The number of ether oxygens (including phenoxy) is 2. The number of methoxy groups -OCH3 is 2. The molecule has 0 amide bonds. The van der Waals surface area contributed by atoms with Gasteiger partial charge >= 0.3 is 0 Å². The molecule has 0 unspecified atom stereocenters. The average molecular weight is 522 g/mol. The molecule has 2 saturated heterocycles. The molecule has 4 heterocycles. The number of piperidine rings is 1. The van der Waals surface area contributed by atoms with Gasteiger partial charge in [-0.2, -0.15) is 5.10 Å². The average Bonchev–Trinajstić information content (AvgIpc) is 3.63.